The zero-order chi connectivity index (χ0) is 19.4. The van der Waals surface area contributed by atoms with Crippen LogP contribution in [0.25, 0.3) is 0 Å². The highest BCUT2D eigenvalue weighted by Crippen LogP contribution is 2.19. The van der Waals surface area contributed by atoms with Crippen molar-refractivity contribution in [2.75, 3.05) is 0 Å². The van der Waals surface area contributed by atoms with Crippen molar-refractivity contribution in [3.05, 3.63) is 35.1 Å². The second-order valence-electron chi connectivity index (χ2n) is 6.76. The first-order valence-electron chi connectivity index (χ1n) is 9.59. The van der Waals surface area contributed by atoms with Crippen LogP contribution in [0.1, 0.15) is 76.7 Å². The molecule has 26 heavy (non-hydrogen) atoms. The van der Waals surface area contributed by atoms with E-state index in [2.05, 4.69) is 6.92 Å². The molecule has 1 aromatic rings. The highest BCUT2D eigenvalue weighted by molar-refractivity contribution is 5.19. The zero-order valence-electron chi connectivity index (χ0n) is 15.5. The lowest BCUT2D eigenvalue weighted by molar-refractivity contribution is -0.257. The van der Waals surface area contributed by atoms with Crippen molar-refractivity contribution in [1.82, 2.24) is 0 Å². The Hall–Kier alpha value is -1.11. The van der Waals surface area contributed by atoms with Crippen LogP contribution in [0.3, 0.4) is 0 Å². The van der Waals surface area contributed by atoms with Crippen LogP contribution in [-0.2, 0) is 11.2 Å². The van der Waals surface area contributed by atoms with Gasteiger partial charge in [0.25, 0.3) is 6.48 Å². The summed E-state index contributed by atoms with van der Waals surface area (Å²) in [6.45, 7) is 0.349. The van der Waals surface area contributed by atoms with Crippen LogP contribution in [0.15, 0.2) is 12.1 Å². The van der Waals surface area contributed by atoms with E-state index in [0.717, 1.165) is 31.4 Å². The van der Waals surface area contributed by atoms with E-state index in [-0.39, 0.29) is 6.10 Å². The molecule has 0 heterocycles. The fourth-order valence-electron chi connectivity index (χ4n) is 3.07. The minimum absolute atomic E-state index is 0.319. The molecule has 1 atom stereocenters. The summed E-state index contributed by atoms with van der Waals surface area (Å²) in [5.74, 6) is -3.85. The molecule has 0 aliphatic heterocycles. The molecule has 1 rings (SSSR count). The average molecular weight is 376 g/mol. The van der Waals surface area contributed by atoms with Gasteiger partial charge in [-0.2, -0.15) is 0 Å². The SMILES string of the molecule is CCCCCCCCCC(CCCc1cc(F)c(F)c(F)c1)OC(O)O. The van der Waals surface area contributed by atoms with E-state index < -0.39 is 23.9 Å². The van der Waals surface area contributed by atoms with Crippen LogP contribution in [-0.4, -0.2) is 22.8 Å². The van der Waals surface area contributed by atoms with E-state index in [1.54, 1.807) is 0 Å². The summed E-state index contributed by atoms with van der Waals surface area (Å²) < 4.78 is 44.5. The Morgan fingerprint density at radius 2 is 1.38 bits per heavy atom. The number of halogens is 3. The summed E-state index contributed by atoms with van der Waals surface area (Å²) >= 11 is 0. The Balaban J connectivity index is 2.33. The molecular formula is C20H31F3O3. The topological polar surface area (TPSA) is 49.7 Å². The molecule has 1 unspecified atom stereocenters. The minimum Gasteiger partial charge on any atom is -0.346 e. The van der Waals surface area contributed by atoms with Crippen molar-refractivity contribution in [3.63, 3.8) is 0 Å². The van der Waals surface area contributed by atoms with Crippen LogP contribution < -0.4 is 0 Å². The largest absolute Gasteiger partial charge is 0.346 e. The fourth-order valence-corrected chi connectivity index (χ4v) is 3.07. The molecule has 0 aromatic heterocycles. The number of aryl methyl sites for hydroxylation is 1. The fraction of sp³-hybridized carbons (Fsp3) is 0.700. The number of ether oxygens (including phenoxy) is 1. The molecule has 0 saturated carbocycles. The first-order chi connectivity index (χ1) is 12.4. The lowest BCUT2D eigenvalue weighted by atomic mass is 10.0. The Bertz CT molecular complexity index is 486. The Morgan fingerprint density at radius 3 is 1.96 bits per heavy atom. The zero-order valence-corrected chi connectivity index (χ0v) is 15.5. The van der Waals surface area contributed by atoms with Gasteiger partial charge in [-0.3, -0.25) is 0 Å². The lowest BCUT2D eigenvalue weighted by Gasteiger charge is -2.19. The van der Waals surface area contributed by atoms with Gasteiger partial charge in [-0.1, -0.05) is 51.9 Å². The third kappa shape index (κ3) is 9.55. The predicted octanol–water partition coefficient (Wildman–Crippen LogP) is 5.22. The quantitative estimate of drug-likeness (QED) is 0.266. The summed E-state index contributed by atoms with van der Waals surface area (Å²) in [4.78, 5) is 0. The maximum Gasteiger partial charge on any atom is 0.266 e. The molecule has 0 saturated heterocycles. The van der Waals surface area contributed by atoms with Crippen LogP contribution in [0.2, 0.25) is 0 Å². The number of aliphatic hydroxyl groups excluding tert-OH is 1. The maximum absolute atomic E-state index is 13.2. The van der Waals surface area contributed by atoms with Gasteiger partial charge in [0.15, 0.2) is 17.5 Å². The van der Waals surface area contributed by atoms with Crippen molar-refractivity contribution in [3.8, 4) is 0 Å². The van der Waals surface area contributed by atoms with Gasteiger partial charge in [0.1, 0.15) is 0 Å². The Kier molecular flexibility index (Phi) is 11.6. The first-order valence-corrected chi connectivity index (χ1v) is 9.59. The molecule has 0 aliphatic rings. The Labute approximate surface area is 154 Å². The summed E-state index contributed by atoms with van der Waals surface area (Å²) in [5, 5.41) is 18.1. The molecule has 0 aliphatic carbocycles. The molecule has 0 fully saturated rings. The van der Waals surface area contributed by atoms with Gasteiger partial charge in [-0.05, 0) is 43.4 Å². The van der Waals surface area contributed by atoms with Crippen molar-refractivity contribution in [1.29, 1.82) is 0 Å². The number of unbranched alkanes of at least 4 members (excludes halogenated alkanes) is 6. The van der Waals surface area contributed by atoms with Gasteiger partial charge in [0, 0.05) is 0 Å². The van der Waals surface area contributed by atoms with Gasteiger partial charge in [0.2, 0.25) is 0 Å². The monoisotopic (exact) mass is 376 g/mol. The van der Waals surface area contributed by atoms with E-state index in [4.69, 9.17) is 14.9 Å². The molecule has 3 nitrogen and oxygen atoms in total. The van der Waals surface area contributed by atoms with Gasteiger partial charge in [-0.25, -0.2) is 13.2 Å². The highest BCUT2D eigenvalue weighted by atomic mass is 19.2. The summed E-state index contributed by atoms with van der Waals surface area (Å²) in [5.41, 5.74) is 0.376. The highest BCUT2D eigenvalue weighted by Gasteiger charge is 2.14. The Morgan fingerprint density at radius 1 is 0.846 bits per heavy atom. The summed E-state index contributed by atoms with van der Waals surface area (Å²) in [6, 6.07) is 1.98. The molecule has 6 heteroatoms. The summed E-state index contributed by atoms with van der Waals surface area (Å²) in [7, 11) is 0. The van der Waals surface area contributed by atoms with Crippen LogP contribution >= 0.6 is 0 Å². The second-order valence-corrected chi connectivity index (χ2v) is 6.76. The van der Waals surface area contributed by atoms with Crippen LogP contribution in [0.5, 0.6) is 0 Å². The number of hydrogen-bond acceptors (Lipinski definition) is 3. The van der Waals surface area contributed by atoms with Gasteiger partial charge < -0.3 is 14.9 Å². The molecule has 2 N–H and O–H groups in total. The predicted molar refractivity (Wildman–Crippen MR) is 95.0 cm³/mol. The number of aliphatic hydroxyl groups is 2. The molecule has 0 spiro atoms. The van der Waals surface area contributed by atoms with E-state index in [1.807, 2.05) is 0 Å². The van der Waals surface area contributed by atoms with Crippen molar-refractivity contribution in [2.24, 2.45) is 0 Å². The van der Waals surface area contributed by atoms with E-state index >= 15 is 0 Å². The minimum atomic E-state index is -1.83. The first kappa shape index (κ1) is 22.9. The number of rotatable bonds is 14. The van der Waals surface area contributed by atoms with Crippen molar-refractivity contribution < 1.29 is 28.1 Å². The average Bonchev–Trinajstić information content (AvgIpc) is 2.58. The number of benzene rings is 1. The molecule has 1 aromatic carbocycles. The summed E-state index contributed by atoms with van der Waals surface area (Å²) in [6.07, 6.45) is 9.93. The standard InChI is InChI=1S/C20H31F3O3/c1-2-3-4-5-6-7-8-11-16(26-20(24)25)12-9-10-15-13-17(21)19(23)18(22)14-15/h13-14,16,20,24-25H,2-12H2,1H3. The molecule has 150 valence electrons. The number of hydrogen-bond donors (Lipinski definition) is 2. The lowest BCUT2D eigenvalue weighted by Crippen LogP contribution is -2.21. The smallest absolute Gasteiger partial charge is 0.266 e. The van der Waals surface area contributed by atoms with Gasteiger partial charge in [-0.15, -0.1) is 0 Å². The molecule has 0 amide bonds. The van der Waals surface area contributed by atoms with Crippen molar-refractivity contribution in [2.45, 2.75) is 90.1 Å². The normalized spacial score (nSPS) is 12.7. The second kappa shape index (κ2) is 13.1. The third-order valence-corrected chi connectivity index (χ3v) is 4.48. The van der Waals surface area contributed by atoms with E-state index in [9.17, 15) is 13.2 Å². The third-order valence-electron chi connectivity index (χ3n) is 4.48. The van der Waals surface area contributed by atoms with Crippen molar-refractivity contribution >= 4 is 0 Å². The van der Waals surface area contributed by atoms with Gasteiger partial charge in [0.05, 0.1) is 6.10 Å². The van der Waals surface area contributed by atoms with Crippen LogP contribution in [0.4, 0.5) is 13.2 Å². The van der Waals surface area contributed by atoms with E-state index in [1.165, 1.54) is 25.7 Å². The maximum atomic E-state index is 13.2. The molecule has 0 radical (unpaired) electrons. The van der Waals surface area contributed by atoms with Crippen LogP contribution in [0, 0.1) is 17.5 Å². The molecule has 0 bridgehead atoms. The molecular weight excluding hydrogens is 345 g/mol. The van der Waals surface area contributed by atoms with E-state index in [0.29, 0.717) is 31.2 Å². The van der Waals surface area contributed by atoms with Gasteiger partial charge >= 0.3 is 0 Å².